The van der Waals surface area contributed by atoms with Gasteiger partial charge in [-0.1, -0.05) is 18.1 Å². The quantitative estimate of drug-likeness (QED) is 0.663. The number of piperidine rings is 1. The van der Waals surface area contributed by atoms with E-state index in [2.05, 4.69) is 9.47 Å². The fourth-order valence-corrected chi connectivity index (χ4v) is 1.76. The van der Waals surface area contributed by atoms with E-state index in [0.29, 0.717) is 0 Å². The van der Waals surface area contributed by atoms with Crippen molar-refractivity contribution in [1.29, 1.82) is 0 Å². The first-order valence-electron chi connectivity index (χ1n) is 19.9. The van der Waals surface area contributed by atoms with Crippen LogP contribution < -0.4 is 9.47 Å². The molecular formula is C22H26FNO3. The second kappa shape index (κ2) is 9.00. The topological polar surface area (TPSA) is 38.8 Å². The first-order chi connectivity index (χ1) is 23.2. The highest BCUT2D eigenvalue weighted by molar-refractivity contribution is 6.01. The zero-order chi connectivity index (χ0) is 42.0. The van der Waals surface area contributed by atoms with E-state index in [9.17, 15) is 9.18 Å². The second-order valence-corrected chi connectivity index (χ2v) is 4.55. The van der Waals surface area contributed by atoms with E-state index < -0.39 is 140 Å². The molecule has 3 rings (SSSR count). The van der Waals surface area contributed by atoms with Gasteiger partial charge in [0.2, 0.25) is 0 Å². The zero-order valence-corrected chi connectivity index (χ0v) is 13.0. The molecule has 0 atom stereocenters. The molecule has 1 fully saturated rings. The van der Waals surface area contributed by atoms with Crippen molar-refractivity contribution in [3.8, 4) is 11.5 Å². The summed E-state index contributed by atoms with van der Waals surface area (Å²) in [7, 11) is -7.42. The summed E-state index contributed by atoms with van der Waals surface area (Å²) in [4.78, 5) is 13.3. The van der Waals surface area contributed by atoms with Crippen LogP contribution in [-0.2, 0) is 6.37 Å². The number of nitrogens with zero attached hydrogens (tertiary/aromatic N) is 1. The molecule has 1 heterocycles. The van der Waals surface area contributed by atoms with Crippen LogP contribution in [-0.4, -0.2) is 44.2 Å². The summed E-state index contributed by atoms with van der Waals surface area (Å²) in [5, 5.41) is 0. The van der Waals surface area contributed by atoms with Gasteiger partial charge in [0.25, 0.3) is 0 Å². The number of likely N-dealkylation sites (tertiary alicyclic amines) is 1. The average molecular weight is 398 g/mol. The highest BCUT2D eigenvalue weighted by Crippen LogP contribution is 2.34. The molecule has 0 radical (unpaired) electrons. The van der Waals surface area contributed by atoms with Crippen molar-refractivity contribution in [2.24, 2.45) is 5.89 Å². The molecule has 2 aromatic carbocycles. The minimum Gasteiger partial charge on any atom is -0.493 e. The molecule has 0 aliphatic carbocycles. The Morgan fingerprint density at radius 3 is 2.74 bits per heavy atom. The summed E-state index contributed by atoms with van der Waals surface area (Å²) in [6, 6.07) is -10.9. The number of Topliss-reactive ketones (excluding diaryl/α,β-unsaturated/α-hetero) is 1. The van der Waals surface area contributed by atoms with Crippen LogP contribution in [0.4, 0.5) is 4.39 Å². The second-order valence-electron chi connectivity index (χ2n) is 4.55. The molecule has 5 heteroatoms. The van der Waals surface area contributed by atoms with Crippen molar-refractivity contribution in [3.63, 3.8) is 0 Å². The summed E-state index contributed by atoms with van der Waals surface area (Å²) in [5.41, 5.74) is -3.56. The van der Waals surface area contributed by atoms with Crippen molar-refractivity contribution in [2.45, 2.75) is 19.1 Å². The maximum absolute atomic E-state index is 14.4. The van der Waals surface area contributed by atoms with E-state index in [1.165, 1.54) is 0 Å². The molecule has 144 valence electrons. The van der Waals surface area contributed by atoms with Crippen LogP contribution in [0.3, 0.4) is 0 Å². The first-order valence-corrected chi connectivity index (χ1v) is 6.88. The van der Waals surface area contributed by atoms with E-state index >= 15 is 0 Å². The van der Waals surface area contributed by atoms with Gasteiger partial charge in [-0.2, -0.15) is 0 Å². The monoisotopic (exact) mass is 397 g/mol. The lowest BCUT2D eigenvalue weighted by Gasteiger charge is -2.31. The molecule has 0 unspecified atom stereocenters. The van der Waals surface area contributed by atoms with Gasteiger partial charge in [-0.3, -0.25) is 4.79 Å². The molecule has 1 aliphatic rings. The van der Waals surface area contributed by atoms with Crippen molar-refractivity contribution in [3.05, 3.63) is 59.2 Å². The Morgan fingerprint density at radius 2 is 2.04 bits per heavy atom. The molecule has 0 saturated carbocycles. The number of hydrogen-bond acceptors (Lipinski definition) is 4. The standard InChI is InChI=1S/C22H26FNO3/c1-26-20-5-3-4-19(22(20)27-2)21(25)17-11-14-24(15-12-17)13-10-16-6-8-18(23)9-7-16/h3-9,17H,10-15H2,1-2H3/i1D3,2D3,3D,4D,5D,6D,7D,8D,9D,10D2,11D2,12D2,13D2,14D2,15D2,17D. The fraction of sp³-hybridized carbons (Fsp3) is 0.409. The van der Waals surface area contributed by atoms with E-state index in [1.54, 1.807) is 0 Å². The Balaban J connectivity index is 2.50. The fourth-order valence-electron chi connectivity index (χ4n) is 1.76. The lowest BCUT2D eigenvalue weighted by Crippen LogP contribution is -2.37. The average Bonchev–Trinajstić information content (AvgIpc) is 2.96. The van der Waals surface area contributed by atoms with Crippen LogP contribution in [0.15, 0.2) is 42.3 Å². The lowest BCUT2D eigenvalue weighted by molar-refractivity contribution is 0.0837. The number of para-hydroxylation sites is 1. The van der Waals surface area contributed by atoms with Gasteiger partial charge in [-0.05, 0) is 61.8 Å². The van der Waals surface area contributed by atoms with Crippen molar-refractivity contribution >= 4 is 5.78 Å². The van der Waals surface area contributed by atoms with Crippen LogP contribution in [0.25, 0.3) is 0 Å². The predicted octanol–water partition coefficient (Wildman–Crippen LogP) is 3.98. The van der Waals surface area contributed by atoms with Crippen LogP contribution in [0.1, 0.15) is 64.3 Å². The van der Waals surface area contributed by atoms with Gasteiger partial charge in [0, 0.05) is 30.2 Å². The molecule has 1 saturated heterocycles. The van der Waals surface area contributed by atoms with Gasteiger partial charge >= 0.3 is 0 Å². The van der Waals surface area contributed by atoms with Gasteiger partial charge in [-0.15, -0.1) is 0 Å². The number of rotatable bonds is 7. The minimum absolute atomic E-state index is 1.09. The number of carbonyl (C=O) groups is 1. The molecule has 0 amide bonds. The molecule has 1 aliphatic heterocycles. The largest absolute Gasteiger partial charge is 0.493 e. The molecule has 27 heavy (non-hydrogen) atoms. The van der Waals surface area contributed by atoms with Crippen LogP contribution >= 0.6 is 0 Å². The summed E-state index contributed by atoms with van der Waals surface area (Å²) in [6.45, 7) is -13.9. The minimum atomic E-state index is -4.73. The number of methoxy groups -OCH3 is 2. The zero-order valence-electron chi connectivity index (χ0n) is 39.0. The highest BCUT2D eigenvalue weighted by atomic mass is 19.1. The number of carbonyl (C=O) groups excluding carboxylic acids is 1. The molecule has 0 bridgehead atoms. The Hall–Kier alpha value is -2.40. The van der Waals surface area contributed by atoms with Gasteiger partial charge in [0.05, 0.1) is 37.5 Å². The van der Waals surface area contributed by atoms with E-state index in [4.69, 9.17) is 35.6 Å². The maximum atomic E-state index is 14.4. The molecule has 0 N–H and O–H groups in total. The number of ketones is 1. The van der Waals surface area contributed by atoms with Gasteiger partial charge in [-0.25, -0.2) is 4.39 Å². The highest BCUT2D eigenvalue weighted by Gasteiger charge is 2.28. The Bertz CT molecular complexity index is 1790. The van der Waals surface area contributed by atoms with Crippen LogP contribution in [0.5, 0.6) is 11.5 Å². The molecular weight excluding hydrogens is 345 g/mol. The van der Waals surface area contributed by atoms with Crippen molar-refractivity contribution < 1.29 is 54.3 Å². The summed E-state index contributed by atoms with van der Waals surface area (Å²) < 4.78 is 236. The van der Waals surface area contributed by atoms with E-state index in [1.807, 2.05) is 0 Å². The van der Waals surface area contributed by atoms with Gasteiger partial charge < -0.3 is 14.4 Å². The summed E-state index contributed by atoms with van der Waals surface area (Å²) in [6.07, 6.45) is -13.7. The Morgan fingerprint density at radius 1 is 1.30 bits per heavy atom. The third-order valence-electron chi connectivity index (χ3n) is 2.93. The number of benzene rings is 2. The summed E-state index contributed by atoms with van der Waals surface area (Å²) in [5.74, 6) is -12.6. The van der Waals surface area contributed by atoms with E-state index in [0.717, 1.165) is 0 Å². The van der Waals surface area contributed by atoms with E-state index in [-0.39, 0.29) is 0 Å². The van der Waals surface area contributed by atoms with Crippen molar-refractivity contribution in [2.75, 3.05) is 33.6 Å². The van der Waals surface area contributed by atoms with Gasteiger partial charge in [0.15, 0.2) is 17.3 Å². The molecule has 2 aromatic rings. The third-order valence-corrected chi connectivity index (χ3v) is 2.93. The summed E-state index contributed by atoms with van der Waals surface area (Å²) >= 11 is 0. The molecule has 0 spiro atoms. The number of hydrogen-bond donors (Lipinski definition) is 0. The third kappa shape index (κ3) is 4.66. The first kappa shape index (κ1) is 4.95. The smallest absolute Gasteiger partial charge is 0.171 e. The normalized spacial score (nSPS) is 40.2. The van der Waals surface area contributed by atoms with Crippen LogP contribution in [0, 0.1) is 11.7 Å². The predicted molar refractivity (Wildman–Crippen MR) is 103 cm³/mol. The number of halogens is 1. The maximum Gasteiger partial charge on any atom is 0.171 e. The van der Waals surface area contributed by atoms with Crippen LogP contribution in [0.2, 0.25) is 0 Å². The lowest BCUT2D eigenvalue weighted by atomic mass is 9.88. The Labute approximate surface area is 196 Å². The molecule has 4 nitrogen and oxygen atoms in total. The SMILES string of the molecule is [2H]c1c([2H])c(OC([2H])([2H])[2H])c(OC([2H])([2H])[2H])c(C(=O)C2([2H])C([2H])([2H])C([2H])([2H])N(C([2H])([2H])C([2H])([2H])c3c([2H])c([2H])c(F)c([2H])c3[2H])C([2H])([2H])C2([2H])[2H])c1[2H]. The van der Waals surface area contributed by atoms with Crippen molar-refractivity contribution in [1.82, 2.24) is 4.90 Å². The molecule has 0 aromatic heterocycles. The Kier molecular flexibility index (Phi) is 1.65. The van der Waals surface area contributed by atoms with Gasteiger partial charge in [0.1, 0.15) is 5.82 Å². The number of ether oxygens (including phenoxy) is 2.